The van der Waals surface area contributed by atoms with Gasteiger partial charge in [-0.1, -0.05) is 18.2 Å². The van der Waals surface area contributed by atoms with Gasteiger partial charge in [0.1, 0.15) is 6.04 Å². The van der Waals surface area contributed by atoms with Crippen molar-refractivity contribution in [3.05, 3.63) is 64.2 Å². The fourth-order valence-electron chi connectivity index (χ4n) is 2.63. The Kier molecular flexibility index (Phi) is 7.46. The van der Waals surface area contributed by atoms with E-state index in [-0.39, 0.29) is 17.8 Å². The zero-order valence-corrected chi connectivity index (χ0v) is 15.4. The molecule has 148 valence electrons. The number of anilines is 2. The van der Waals surface area contributed by atoms with Crippen LogP contribution >= 0.6 is 0 Å². The first-order valence-electron chi connectivity index (χ1n) is 8.74. The molecule has 9 heteroatoms. The van der Waals surface area contributed by atoms with Crippen molar-refractivity contribution in [2.75, 3.05) is 23.7 Å². The van der Waals surface area contributed by atoms with Crippen LogP contribution in [-0.4, -0.2) is 35.9 Å². The summed E-state index contributed by atoms with van der Waals surface area (Å²) in [6.07, 6.45) is -0.310. The van der Waals surface area contributed by atoms with Crippen molar-refractivity contribution in [1.29, 1.82) is 0 Å². The maximum absolute atomic E-state index is 12.1. The molecule has 0 spiro atoms. The summed E-state index contributed by atoms with van der Waals surface area (Å²) in [5, 5.41) is 29.3. The molecule has 0 radical (unpaired) electrons. The highest BCUT2D eigenvalue weighted by Gasteiger charge is 2.18. The van der Waals surface area contributed by atoms with Gasteiger partial charge in [-0.25, -0.2) is 0 Å². The van der Waals surface area contributed by atoms with E-state index in [0.29, 0.717) is 13.1 Å². The number of nitrogens with two attached hydrogens (primary N) is 1. The van der Waals surface area contributed by atoms with Crippen LogP contribution in [0.15, 0.2) is 48.5 Å². The molecule has 0 bridgehead atoms. The molecule has 0 aliphatic rings. The van der Waals surface area contributed by atoms with Gasteiger partial charge in [-0.15, -0.1) is 0 Å². The number of nitro groups is 1. The molecule has 9 nitrogen and oxygen atoms in total. The van der Waals surface area contributed by atoms with E-state index in [1.54, 1.807) is 0 Å². The molecular formula is C19H22N4O5. The normalized spacial score (nSPS) is 11.5. The Balaban J connectivity index is 1.83. The number of quaternary nitrogens is 1. The van der Waals surface area contributed by atoms with E-state index < -0.39 is 22.8 Å². The number of aliphatic carboxylic acids is 1. The van der Waals surface area contributed by atoms with Crippen LogP contribution in [0.2, 0.25) is 0 Å². The van der Waals surface area contributed by atoms with E-state index in [0.717, 1.165) is 11.3 Å². The van der Waals surface area contributed by atoms with Crippen molar-refractivity contribution >= 4 is 28.9 Å². The lowest BCUT2D eigenvalue weighted by Gasteiger charge is -2.17. The number of nitro benzene ring substituents is 1. The fourth-order valence-corrected chi connectivity index (χ4v) is 2.63. The van der Waals surface area contributed by atoms with Crippen LogP contribution in [0.1, 0.15) is 12.0 Å². The Morgan fingerprint density at radius 3 is 2.54 bits per heavy atom. The van der Waals surface area contributed by atoms with Crippen molar-refractivity contribution in [2.45, 2.75) is 19.4 Å². The largest absolute Gasteiger partial charge is 0.544 e. The molecule has 4 N–H and O–H groups in total. The molecule has 0 aliphatic heterocycles. The highest BCUT2D eigenvalue weighted by Crippen LogP contribution is 2.17. The van der Waals surface area contributed by atoms with Crippen molar-refractivity contribution in [2.24, 2.45) is 0 Å². The van der Waals surface area contributed by atoms with E-state index in [1.165, 1.54) is 29.6 Å². The van der Waals surface area contributed by atoms with Gasteiger partial charge in [0.15, 0.2) is 0 Å². The Labute approximate surface area is 161 Å². The van der Waals surface area contributed by atoms with Crippen LogP contribution in [0.25, 0.3) is 0 Å². The van der Waals surface area contributed by atoms with Crippen molar-refractivity contribution in [3.8, 4) is 0 Å². The lowest BCUT2D eigenvalue weighted by atomic mass is 10.2. The third-order valence-electron chi connectivity index (χ3n) is 3.99. The number of nitrogens with zero attached hydrogens (tertiary/aromatic N) is 1. The summed E-state index contributed by atoms with van der Waals surface area (Å²) in [5.74, 6) is -1.90. The summed E-state index contributed by atoms with van der Waals surface area (Å²) < 4.78 is 0. The monoisotopic (exact) mass is 386 g/mol. The number of carboxylic acid groups (broad SMARTS) is 1. The molecule has 0 aromatic heterocycles. The number of non-ortho nitro benzene ring substituents is 1. The van der Waals surface area contributed by atoms with E-state index in [4.69, 9.17) is 0 Å². The molecular weight excluding hydrogens is 364 g/mol. The molecule has 1 atom stereocenters. The van der Waals surface area contributed by atoms with Gasteiger partial charge in [0, 0.05) is 23.5 Å². The Bertz CT molecular complexity index is 856. The van der Waals surface area contributed by atoms with Gasteiger partial charge in [-0.2, -0.15) is 0 Å². The highest BCUT2D eigenvalue weighted by atomic mass is 16.6. The number of aryl methyl sites for hydroxylation is 1. The average molecular weight is 386 g/mol. The second-order valence-corrected chi connectivity index (χ2v) is 6.31. The third kappa shape index (κ3) is 6.69. The van der Waals surface area contributed by atoms with Crippen LogP contribution in [0.3, 0.4) is 0 Å². The second kappa shape index (κ2) is 10.0. The van der Waals surface area contributed by atoms with E-state index >= 15 is 0 Å². The second-order valence-electron chi connectivity index (χ2n) is 6.31. The van der Waals surface area contributed by atoms with Gasteiger partial charge in [0.2, 0.25) is 5.91 Å². The van der Waals surface area contributed by atoms with Crippen LogP contribution in [-0.2, 0) is 9.59 Å². The minimum atomic E-state index is -1.34. The summed E-state index contributed by atoms with van der Waals surface area (Å²) in [7, 11) is 0. The lowest BCUT2D eigenvalue weighted by Crippen LogP contribution is -2.94. The Morgan fingerprint density at radius 2 is 1.86 bits per heavy atom. The minimum Gasteiger partial charge on any atom is -0.544 e. The van der Waals surface area contributed by atoms with Gasteiger partial charge in [0.05, 0.1) is 30.4 Å². The Hall–Kier alpha value is -3.46. The summed E-state index contributed by atoms with van der Waals surface area (Å²) in [5.41, 5.74) is 2.11. The average Bonchev–Trinajstić information content (AvgIpc) is 2.64. The van der Waals surface area contributed by atoms with Crippen LogP contribution in [0, 0.1) is 17.0 Å². The first-order chi connectivity index (χ1) is 13.3. The highest BCUT2D eigenvalue weighted by molar-refractivity contribution is 5.93. The predicted molar refractivity (Wildman–Crippen MR) is 102 cm³/mol. The zero-order chi connectivity index (χ0) is 20.5. The number of amides is 1. The first-order valence-corrected chi connectivity index (χ1v) is 8.74. The number of nitrogens with one attached hydrogen (secondary N) is 2. The molecule has 0 aliphatic carbocycles. The number of carboxylic acids is 1. The van der Waals surface area contributed by atoms with Gasteiger partial charge in [-0.05, 0) is 30.7 Å². The minimum absolute atomic E-state index is 0.164. The van der Waals surface area contributed by atoms with Gasteiger partial charge in [0.25, 0.3) is 5.69 Å². The molecule has 2 aromatic rings. The van der Waals surface area contributed by atoms with Crippen LogP contribution < -0.4 is 21.1 Å². The summed E-state index contributed by atoms with van der Waals surface area (Å²) in [6, 6.07) is 12.2. The van der Waals surface area contributed by atoms with E-state index in [2.05, 4.69) is 10.6 Å². The molecule has 0 fully saturated rings. The van der Waals surface area contributed by atoms with Crippen LogP contribution in [0.4, 0.5) is 17.1 Å². The zero-order valence-electron chi connectivity index (χ0n) is 15.4. The van der Waals surface area contributed by atoms with Crippen molar-refractivity contribution < 1.29 is 24.9 Å². The predicted octanol–water partition coefficient (Wildman–Crippen LogP) is 0.0258. The number of hydrogen-bond acceptors (Lipinski definition) is 6. The van der Waals surface area contributed by atoms with E-state index in [1.807, 2.05) is 31.2 Å². The maximum atomic E-state index is 12.1. The molecule has 0 unspecified atom stereocenters. The standard InChI is InChI=1S/C19H22N4O5/c1-13-4-2-5-14(10-13)20-8-9-21-17(19(25)26)12-18(24)22-15-6-3-7-16(11-15)23(27)28/h2-7,10-11,17,20-21H,8-9,12H2,1H3,(H,22,24)(H,25,26)/t17-/m0/s1. The summed E-state index contributed by atoms with van der Waals surface area (Å²) >= 11 is 0. The molecule has 0 saturated carbocycles. The molecule has 1 amide bonds. The van der Waals surface area contributed by atoms with Gasteiger partial charge in [-0.3, -0.25) is 14.9 Å². The first kappa shape index (κ1) is 20.8. The quantitative estimate of drug-likeness (QED) is 0.299. The number of carbonyl (C=O) groups is 2. The van der Waals surface area contributed by atoms with Crippen molar-refractivity contribution in [1.82, 2.24) is 0 Å². The Morgan fingerprint density at radius 1 is 1.14 bits per heavy atom. The number of hydrogen-bond donors (Lipinski definition) is 3. The van der Waals surface area contributed by atoms with E-state index in [9.17, 15) is 24.8 Å². The SMILES string of the molecule is Cc1cccc(NCC[NH2+][C@@H](CC(=O)Nc2cccc([N+](=O)[O-])c2)C(=O)[O-])c1. The summed E-state index contributed by atoms with van der Waals surface area (Å²) in [4.78, 5) is 33.6. The molecule has 2 rings (SSSR count). The number of rotatable bonds is 10. The van der Waals surface area contributed by atoms with Crippen molar-refractivity contribution in [3.63, 3.8) is 0 Å². The third-order valence-corrected chi connectivity index (χ3v) is 3.99. The smallest absolute Gasteiger partial charge is 0.271 e. The van der Waals surface area contributed by atoms with Gasteiger partial charge >= 0.3 is 0 Å². The topological polar surface area (TPSA) is 141 Å². The van der Waals surface area contributed by atoms with Crippen LogP contribution in [0.5, 0.6) is 0 Å². The number of benzene rings is 2. The summed E-state index contributed by atoms with van der Waals surface area (Å²) in [6.45, 7) is 2.92. The molecule has 2 aromatic carbocycles. The number of carbonyl (C=O) groups excluding carboxylic acids is 2. The fraction of sp³-hybridized carbons (Fsp3) is 0.263. The lowest BCUT2D eigenvalue weighted by molar-refractivity contribution is -0.680. The van der Waals surface area contributed by atoms with Gasteiger partial charge < -0.3 is 25.9 Å². The molecule has 0 heterocycles. The molecule has 0 saturated heterocycles. The molecule has 28 heavy (non-hydrogen) atoms. The maximum Gasteiger partial charge on any atom is 0.271 e.